The molecule has 0 aliphatic carbocycles. The van der Waals surface area contributed by atoms with Crippen molar-refractivity contribution in [2.24, 2.45) is 0 Å². The van der Waals surface area contributed by atoms with Crippen LogP contribution in [-0.2, 0) is 14.8 Å². The van der Waals surface area contributed by atoms with E-state index in [2.05, 4.69) is 5.32 Å². The second-order valence-corrected chi connectivity index (χ2v) is 9.53. The van der Waals surface area contributed by atoms with Crippen LogP contribution in [0.2, 0.25) is 0 Å². The minimum atomic E-state index is -3.80. The van der Waals surface area contributed by atoms with Crippen LogP contribution < -0.4 is 14.8 Å². The van der Waals surface area contributed by atoms with Crippen molar-refractivity contribution in [2.75, 3.05) is 31.6 Å². The van der Waals surface area contributed by atoms with Crippen LogP contribution in [0.25, 0.3) is 0 Å². The predicted octanol–water partition coefficient (Wildman–Crippen LogP) is 3.49. The topological polar surface area (TPSA) is 128 Å². The first kappa shape index (κ1) is 24.5. The van der Waals surface area contributed by atoms with Crippen LogP contribution in [-0.4, -0.2) is 49.9 Å². The molecule has 1 amide bonds. The van der Waals surface area contributed by atoms with E-state index in [1.807, 2.05) is 0 Å². The number of nitrogens with zero attached hydrogens (tertiary/aromatic N) is 2. The summed E-state index contributed by atoms with van der Waals surface area (Å²) in [6, 6.07) is 8.77. The summed E-state index contributed by atoms with van der Waals surface area (Å²) in [5, 5.41) is 13.8. The van der Waals surface area contributed by atoms with Gasteiger partial charge in [-0.15, -0.1) is 0 Å². The molecule has 3 rings (SSSR count). The smallest absolute Gasteiger partial charge is 0.310 e. The zero-order valence-electron chi connectivity index (χ0n) is 18.6. The molecule has 1 N–H and O–H groups in total. The minimum absolute atomic E-state index is 0.0145. The number of carbonyl (C=O) groups is 1. The molecule has 0 radical (unpaired) electrons. The largest absolute Gasteiger partial charge is 0.492 e. The van der Waals surface area contributed by atoms with Gasteiger partial charge in [-0.1, -0.05) is 12.5 Å². The van der Waals surface area contributed by atoms with Gasteiger partial charge in [0.05, 0.1) is 11.5 Å². The standard InChI is InChI=1S/C22H27N3O7S/c1-3-31-19-10-8-17(14-21(19)33(29,30)24-11-5-4-6-12-24)23-22(26)15-32-20-13-16(2)7-9-18(20)25(27)28/h7-10,13-14H,3-6,11-12,15H2,1-2H3,(H,23,26). The Morgan fingerprint density at radius 1 is 1.09 bits per heavy atom. The van der Waals surface area contributed by atoms with Gasteiger partial charge >= 0.3 is 5.69 Å². The SMILES string of the molecule is CCOc1ccc(NC(=O)COc2cc(C)ccc2[N+](=O)[O-])cc1S(=O)(=O)N1CCCCC1. The average molecular weight is 478 g/mol. The van der Waals surface area contributed by atoms with Gasteiger partial charge in [-0.25, -0.2) is 8.42 Å². The minimum Gasteiger partial charge on any atom is -0.492 e. The van der Waals surface area contributed by atoms with Gasteiger partial charge in [0.1, 0.15) is 10.6 Å². The van der Waals surface area contributed by atoms with Crippen LogP contribution in [0.4, 0.5) is 11.4 Å². The summed E-state index contributed by atoms with van der Waals surface area (Å²) >= 11 is 0. The molecular formula is C22H27N3O7S. The van der Waals surface area contributed by atoms with Crippen molar-refractivity contribution in [1.82, 2.24) is 4.31 Å². The van der Waals surface area contributed by atoms with E-state index in [1.165, 1.54) is 34.6 Å². The van der Waals surface area contributed by atoms with Crippen molar-refractivity contribution < 1.29 is 27.6 Å². The Balaban J connectivity index is 1.77. The molecule has 0 spiro atoms. The zero-order valence-corrected chi connectivity index (χ0v) is 19.4. The molecule has 2 aromatic rings. The Morgan fingerprint density at radius 2 is 1.82 bits per heavy atom. The van der Waals surface area contributed by atoms with Gasteiger partial charge in [0.25, 0.3) is 5.91 Å². The van der Waals surface area contributed by atoms with Crippen molar-refractivity contribution in [2.45, 2.75) is 38.0 Å². The van der Waals surface area contributed by atoms with E-state index in [4.69, 9.17) is 9.47 Å². The summed E-state index contributed by atoms with van der Waals surface area (Å²) in [7, 11) is -3.80. The number of piperidine rings is 1. The number of carbonyl (C=O) groups excluding carboxylic acids is 1. The maximum Gasteiger partial charge on any atom is 0.310 e. The van der Waals surface area contributed by atoms with Gasteiger partial charge in [-0.05, 0) is 56.5 Å². The summed E-state index contributed by atoms with van der Waals surface area (Å²) < 4.78 is 38.7. The van der Waals surface area contributed by atoms with Crippen molar-refractivity contribution in [3.05, 3.63) is 52.1 Å². The number of anilines is 1. The van der Waals surface area contributed by atoms with Crippen LogP contribution in [0.15, 0.2) is 41.3 Å². The van der Waals surface area contributed by atoms with Crippen LogP contribution in [0.5, 0.6) is 11.5 Å². The highest BCUT2D eigenvalue weighted by Crippen LogP contribution is 2.32. The molecule has 0 bridgehead atoms. The van der Waals surface area contributed by atoms with Gasteiger partial charge in [0, 0.05) is 24.8 Å². The van der Waals surface area contributed by atoms with E-state index in [0.29, 0.717) is 13.1 Å². The Labute approximate surface area is 192 Å². The highest BCUT2D eigenvalue weighted by molar-refractivity contribution is 7.89. The number of aryl methyl sites for hydroxylation is 1. The number of hydrogen-bond donors (Lipinski definition) is 1. The third kappa shape index (κ3) is 5.99. The molecule has 0 unspecified atom stereocenters. The third-order valence-electron chi connectivity index (χ3n) is 5.13. The second-order valence-electron chi connectivity index (χ2n) is 7.62. The van der Waals surface area contributed by atoms with Crippen molar-refractivity contribution in [3.8, 4) is 11.5 Å². The lowest BCUT2D eigenvalue weighted by atomic mass is 10.2. The predicted molar refractivity (Wildman–Crippen MR) is 122 cm³/mol. The number of nitro groups is 1. The molecule has 1 aliphatic rings. The lowest BCUT2D eigenvalue weighted by molar-refractivity contribution is -0.385. The summed E-state index contributed by atoms with van der Waals surface area (Å²) in [4.78, 5) is 23.0. The molecule has 1 aliphatic heterocycles. The first-order valence-electron chi connectivity index (χ1n) is 10.7. The van der Waals surface area contributed by atoms with Crippen LogP contribution >= 0.6 is 0 Å². The second kappa shape index (κ2) is 10.6. The normalized spacial score (nSPS) is 14.5. The van der Waals surface area contributed by atoms with Crippen molar-refractivity contribution in [3.63, 3.8) is 0 Å². The number of amides is 1. The van der Waals surface area contributed by atoms with Gasteiger partial charge < -0.3 is 14.8 Å². The first-order chi connectivity index (χ1) is 15.7. The maximum absolute atomic E-state index is 13.2. The number of benzene rings is 2. The number of rotatable bonds is 9. The van der Waals surface area contributed by atoms with E-state index in [-0.39, 0.29) is 34.4 Å². The molecular weight excluding hydrogens is 450 g/mol. The van der Waals surface area contributed by atoms with E-state index >= 15 is 0 Å². The van der Waals surface area contributed by atoms with Crippen molar-refractivity contribution >= 4 is 27.3 Å². The van der Waals surface area contributed by atoms with E-state index < -0.39 is 27.5 Å². The highest BCUT2D eigenvalue weighted by atomic mass is 32.2. The fraction of sp³-hybridized carbons (Fsp3) is 0.409. The highest BCUT2D eigenvalue weighted by Gasteiger charge is 2.29. The van der Waals surface area contributed by atoms with E-state index in [1.54, 1.807) is 19.9 Å². The van der Waals surface area contributed by atoms with Gasteiger partial charge in [0.15, 0.2) is 12.4 Å². The molecule has 1 fully saturated rings. The number of nitro benzene ring substituents is 1. The summed E-state index contributed by atoms with van der Waals surface area (Å²) in [5.74, 6) is -0.390. The van der Waals surface area contributed by atoms with Crippen molar-refractivity contribution in [1.29, 1.82) is 0 Å². The molecule has 178 valence electrons. The monoisotopic (exact) mass is 477 g/mol. The fourth-order valence-electron chi connectivity index (χ4n) is 3.53. The summed E-state index contributed by atoms with van der Waals surface area (Å²) in [6.07, 6.45) is 2.57. The number of hydrogen-bond acceptors (Lipinski definition) is 7. The fourth-order valence-corrected chi connectivity index (χ4v) is 5.21. The van der Waals surface area contributed by atoms with Crippen LogP contribution in [0, 0.1) is 17.0 Å². The van der Waals surface area contributed by atoms with E-state index in [9.17, 15) is 23.3 Å². The maximum atomic E-state index is 13.2. The molecule has 1 saturated heterocycles. The molecule has 33 heavy (non-hydrogen) atoms. The van der Waals surface area contributed by atoms with Gasteiger partial charge in [-0.3, -0.25) is 14.9 Å². The lowest BCUT2D eigenvalue weighted by Gasteiger charge is -2.27. The average Bonchev–Trinajstić information content (AvgIpc) is 2.79. The quantitative estimate of drug-likeness (QED) is 0.432. The third-order valence-corrected chi connectivity index (χ3v) is 7.05. The van der Waals surface area contributed by atoms with Gasteiger partial charge in [-0.2, -0.15) is 4.31 Å². The molecule has 1 heterocycles. The summed E-state index contributed by atoms with van der Waals surface area (Å²) in [6.45, 7) is 4.19. The van der Waals surface area contributed by atoms with Gasteiger partial charge in [0.2, 0.25) is 10.0 Å². The molecule has 0 atom stereocenters. The number of sulfonamides is 1. The molecule has 11 heteroatoms. The molecule has 0 saturated carbocycles. The number of ether oxygens (including phenoxy) is 2. The first-order valence-corrected chi connectivity index (χ1v) is 12.1. The Kier molecular flexibility index (Phi) is 7.88. The lowest BCUT2D eigenvalue weighted by Crippen LogP contribution is -2.35. The number of nitrogens with one attached hydrogen (secondary N) is 1. The van der Waals surface area contributed by atoms with Crippen LogP contribution in [0.1, 0.15) is 31.7 Å². The van der Waals surface area contributed by atoms with Crippen LogP contribution in [0.3, 0.4) is 0 Å². The Morgan fingerprint density at radius 3 is 2.48 bits per heavy atom. The molecule has 2 aromatic carbocycles. The molecule has 0 aromatic heterocycles. The van der Waals surface area contributed by atoms with E-state index in [0.717, 1.165) is 24.8 Å². The Bertz CT molecular complexity index is 1130. The Hall–Kier alpha value is -3.18. The molecule has 10 nitrogen and oxygen atoms in total. The zero-order chi connectivity index (χ0) is 24.0. The summed E-state index contributed by atoms with van der Waals surface area (Å²) in [5.41, 5.74) is 0.751.